The smallest absolute Gasteiger partial charge is 0.252 e. The van der Waals surface area contributed by atoms with Gasteiger partial charge in [-0.15, -0.1) is 0 Å². The first-order valence-electron chi connectivity index (χ1n) is 43.7. The summed E-state index contributed by atoms with van der Waals surface area (Å²) in [6.45, 7) is 19.9. The van der Waals surface area contributed by atoms with Crippen LogP contribution in [0.3, 0.4) is 0 Å². The van der Waals surface area contributed by atoms with Gasteiger partial charge in [0.05, 0.1) is 44.4 Å². The Kier molecular flexibility index (Phi) is 13.3. The standard InChI is InChI=1S/C108H83BN4O2/c1-106(2,3)70-59-84(66-31-13-10-14-32-66)102(87(61-70)82-44-29-42-80-78-40-22-27-49-99(78)114-104(80)82)112-95-56-52-69(68-51-55-94-86(57-68)77-39-21-26-48-93(77)110(94)73-35-17-12-18-36-73)58-90(95)109-89-54-53-74(111-91-46-24-19-37-75(91)76-38-20-25-47-92(76)111)65-96(89)113(98-64-72(108(7,8)9)63-97(112)101(98)109)103-85(67-33-15-11-16-34-67)60-71(107(4,5)6)62-88(103)83-45-30-43-81-79-41-23-28-50-100(79)115-105(81)83/h10-65H,1-9H3/i19D,20D,24D,25D,37D,38D,46D,47D. The summed E-state index contributed by atoms with van der Waals surface area (Å²) < 4.78 is 95.4. The van der Waals surface area contributed by atoms with Crippen molar-refractivity contribution in [2.75, 3.05) is 9.80 Å². The second-order valence-corrected chi connectivity index (χ2v) is 34.1. The lowest BCUT2D eigenvalue weighted by Crippen LogP contribution is -2.61. The van der Waals surface area contributed by atoms with E-state index in [0.717, 1.165) is 183 Å². The number of furan rings is 2. The third-order valence-electron chi connectivity index (χ3n) is 24.2. The molecule has 6 nitrogen and oxygen atoms in total. The molecule has 0 unspecified atom stereocenters. The molecule has 0 atom stereocenters. The normalized spacial score (nSPS) is 14.0. The second-order valence-electron chi connectivity index (χ2n) is 34.1. The molecular formula is C108H83BN4O2. The monoisotopic (exact) mass is 1490 g/mol. The third kappa shape index (κ3) is 10.6. The van der Waals surface area contributed by atoms with Crippen molar-refractivity contribution in [2.45, 2.75) is 78.6 Å². The van der Waals surface area contributed by atoms with Crippen LogP contribution < -0.4 is 26.2 Å². The molecule has 0 amide bonds. The molecule has 7 heteroatoms. The molecule has 2 aliphatic rings. The maximum absolute atomic E-state index is 10.0. The quantitative estimate of drug-likeness (QED) is 0.135. The highest BCUT2D eigenvalue weighted by Gasteiger charge is 2.47. The van der Waals surface area contributed by atoms with E-state index in [1.165, 1.54) is 0 Å². The minimum absolute atomic E-state index is 0.00860. The average Bonchev–Trinajstić information content (AvgIpc) is 1.15. The van der Waals surface area contributed by atoms with Crippen molar-refractivity contribution in [1.29, 1.82) is 0 Å². The Balaban J connectivity index is 0.940. The first-order chi connectivity index (χ1) is 59.3. The molecule has 16 aromatic carbocycles. The van der Waals surface area contributed by atoms with Crippen molar-refractivity contribution in [3.8, 4) is 67.0 Å². The van der Waals surface area contributed by atoms with E-state index in [1.807, 2.05) is 24.3 Å². The van der Waals surface area contributed by atoms with Crippen LogP contribution in [0.5, 0.6) is 0 Å². The summed E-state index contributed by atoms with van der Waals surface area (Å²) in [4.78, 5) is 5.05. The molecule has 0 saturated carbocycles. The summed E-state index contributed by atoms with van der Waals surface area (Å²) in [5.41, 5.74) is 26.3. The summed E-state index contributed by atoms with van der Waals surface area (Å²) in [6.07, 6.45) is 0. The molecule has 0 radical (unpaired) electrons. The lowest BCUT2D eigenvalue weighted by atomic mass is 9.33. The first-order valence-corrected chi connectivity index (χ1v) is 39.7. The van der Waals surface area contributed by atoms with Crippen molar-refractivity contribution >= 4 is 145 Å². The molecule has 0 spiro atoms. The lowest BCUT2D eigenvalue weighted by molar-refractivity contribution is 0.590. The Labute approximate surface area is 681 Å². The third-order valence-corrected chi connectivity index (χ3v) is 24.2. The highest BCUT2D eigenvalue weighted by atomic mass is 16.3. The van der Waals surface area contributed by atoms with Gasteiger partial charge >= 0.3 is 0 Å². The van der Waals surface area contributed by atoms with E-state index in [-0.39, 0.29) is 39.3 Å². The van der Waals surface area contributed by atoms with Crippen LogP contribution in [0.1, 0.15) is 90.0 Å². The van der Waals surface area contributed by atoms with E-state index in [4.69, 9.17) is 8.83 Å². The number of fused-ring (bicyclic) bond motifs is 16. The van der Waals surface area contributed by atoms with Crippen LogP contribution in [0.15, 0.2) is 348 Å². The average molecular weight is 1490 g/mol. The van der Waals surface area contributed by atoms with Gasteiger partial charge in [-0.3, -0.25) is 0 Å². The van der Waals surface area contributed by atoms with E-state index in [0.29, 0.717) is 17.0 Å². The number of benzene rings is 16. The Bertz CT molecular complexity index is 7860. The van der Waals surface area contributed by atoms with Gasteiger partial charge in [-0.1, -0.05) is 293 Å². The molecule has 20 aromatic rings. The predicted molar refractivity (Wildman–Crippen MR) is 487 cm³/mol. The minimum atomic E-state index is -0.598. The fraction of sp³-hybridized carbons (Fsp3) is 0.111. The van der Waals surface area contributed by atoms with Crippen LogP contribution >= 0.6 is 0 Å². The van der Waals surface area contributed by atoms with Gasteiger partial charge in [0.2, 0.25) is 0 Å². The van der Waals surface area contributed by atoms with Gasteiger partial charge < -0.3 is 27.8 Å². The molecule has 115 heavy (non-hydrogen) atoms. The molecule has 22 rings (SSSR count). The molecule has 0 fully saturated rings. The molecule has 0 aliphatic carbocycles. The van der Waals surface area contributed by atoms with Gasteiger partial charge in [-0.05, 0) is 181 Å². The Hall–Kier alpha value is -13.6. The molecule has 0 N–H and O–H groups in total. The molecule has 4 aromatic heterocycles. The summed E-state index contributed by atoms with van der Waals surface area (Å²) in [6, 6.07) is 101. The molecule has 0 saturated heterocycles. The van der Waals surface area contributed by atoms with Gasteiger partial charge in [0.1, 0.15) is 22.3 Å². The highest BCUT2D eigenvalue weighted by Crippen LogP contribution is 2.57. The SMILES string of the molecule is [2H]c1c([2H])c([2H])c2c(c1[2H])c1c([2H])c([2H])c([2H])c([2H])c1n2-c1ccc2c(c1)N(c1c(-c3ccccc3)cc(C(C)(C)C)cc1-c1cccc3c1oc1ccccc13)c1cc(C(C)(C)C)cc3c1B2c1cc(-c2ccc4c(c2)c2ccccc2n4-c2ccccc2)ccc1N3c1c(-c2ccccc2)cc(C(C)(C)C)cc1-c1cccc2c1oc1ccccc12. The van der Waals surface area contributed by atoms with Crippen LogP contribution in [0.4, 0.5) is 34.1 Å². The Morgan fingerprint density at radius 1 is 0.278 bits per heavy atom. The maximum atomic E-state index is 10.0. The van der Waals surface area contributed by atoms with Gasteiger partial charge in [-0.25, -0.2) is 0 Å². The number of anilines is 6. The number of nitrogens with zero attached hydrogens (tertiary/aromatic N) is 4. The molecule has 2 aliphatic heterocycles. The lowest BCUT2D eigenvalue weighted by Gasteiger charge is -2.47. The zero-order chi connectivity index (χ0) is 84.5. The van der Waals surface area contributed by atoms with Gasteiger partial charge in [0.25, 0.3) is 6.71 Å². The van der Waals surface area contributed by atoms with Crippen molar-refractivity contribution < 1.29 is 19.8 Å². The Morgan fingerprint density at radius 3 is 1.28 bits per heavy atom. The van der Waals surface area contributed by atoms with Gasteiger partial charge in [0, 0.05) is 111 Å². The predicted octanol–water partition coefficient (Wildman–Crippen LogP) is 28.0. The van der Waals surface area contributed by atoms with Crippen molar-refractivity contribution in [3.05, 3.63) is 356 Å². The van der Waals surface area contributed by atoms with E-state index in [2.05, 4.69) is 344 Å². The second kappa shape index (κ2) is 25.4. The molecule has 550 valence electrons. The van der Waals surface area contributed by atoms with Crippen molar-refractivity contribution in [3.63, 3.8) is 0 Å². The van der Waals surface area contributed by atoms with E-state index >= 15 is 0 Å². The fourth-order valence-electron chi connectivity index (χ4n) is 18.5. The first kappa shape index (κ1) is 60.1. The van der Waals surface area contributed by atoms with E-state index in [9.17, 15) is 11.0 Å². The number of aromatic nitrogens is 2. The number of para-hydroxylation sites is 8. The molecular weight excluding hydrogens is 1400 g/mol. The summed E-state index contributed by atoms with van der Waals surface area (Å²) in [7, 11) is 0. The van der Waals surface area contributed by atoms with Crippen LogP contribution in [0.25, 0.3) is 154 Å². The summed E-state index contributed by atoms with van der Waals surface area (Å²) in [5.74, 6) is 0. The minimum Gasteiger partial charge on any atom is -0.455 e. The van der Waals surface area contributed by atoms with Gasteiger partial charge in [-0.2, -0.15) is 0 Å². The van der Waals surface area contributed by atoms with Crippen LogP contribution in [-0.4, -0.2) is 15.8 Å². The van der Waals surface area contributed by atoms with Crippen LogP contribution in [-0.2, 0) is 16.2 Å². The largest absolute Gasteiger partial charge is 0.455 e. The summed E-state index contributed by atoms with van der Waals surface area (Å²) in [5, 5.41) is 6.18. The zero-order valence-electron chi connectivity index (χ0n) is 73.4. The van der Waals surface area contributed by atoms with E-state index in [1.54, 1.807) is 4.57 Å². The van der Waals surface area contributed by atoms with Crippen LogP contribution in [0, 0.1) is 0 Å². The van der Waals surface area contributed by atoms with Gasteiger partial charge in [0.15, 0.2) is 0 Å². The van der Waals surface area contributed by atoms with E-state index < -0.39 is 53.8 Å². The maximum Gasteiger partial charge on any atom is 0.252 e. The topological polar surface area (TPSA) is 42.6 Å². The van der Waals surface area contributed by atoms with Crippen molar-refractivity contribution in [2.24, 2.45) is 0 Å². The number of rotatable bonds is 9. The number of hydrogen-bond acceptors (Lipinski definition) is 4. The Morgan fingerprint density at radius 2 is 0.722 bits per heavy atom. The number of hydrogen-bond donors (Lipinski definition) is 0. The van der Waals surface area contributed by atoms with Crippen molar-refractivity contribution in [1.82, 2.24) is 9.13 Å². The molecule has 6 heterocycles. The van der Waals surface area contributed by atoms with Crippen LogP contribution in [0.2, 0.25) is 0 Å². The fourth-order valence-corrected chi connectivity index (χ4v) is 18.5. The summed E-state index contributed by atoms with van der Waals surface area (Å²) >= 11 is 0. The molecule has 0 bridgehead atoms. The zero-order valence-corrected chi connectivity index (χ0v) is 65.4. The highest BCUT2D eigenvalue weighted by molar-refractivity contribution is 7.00.